The summed E-state index contributed by atoms with van der Waals surface area (Å²) in [6.07, 6.45) is 1.11. The molecule has 0 aliphatic rings. The van der Waals surface area contributed by atoms with Crippen molar-refractivity contribution in [3.8, 4) is 0 Å². The summed E-state index contributed by atoms with van der Waals surface area (Å²) in [6.45, 7) is 5.33. The van der Waals surface area contributed by atoms with Crippen molar-refractivity contribution in [3.63, 3.8) is 0 Å². The van der Waals surface area contributed by atoms with Gasteiger partial charge in [0.2, 0.25) is 0 Å². The summed E-state index contributed by atoms with van der Waals surface area (Å²) in [7, 11) is 0. The summed E-state index contributed by atoms with van der Waals surface area (Å²) in [4.78, 5) is 0. The summed E-state index contributed by atoms with van der Waals surface area (Å²) >= 11 is 8.55. The van der Waals surface area contributed by atoms with Crippen LogP contribution >= 0.6 is 34.2 Å². The van der Waals surface area contributed by atoms with E-state index < -0.39 is 0 Å². The smallest absolute Gasteiger partial charge is 0.0579 e. The Morgan fingerprint density at radius 2 is 1.95 bits per heavy atom. The number of nitrogens with one attached hydrogen (secondary N) is 1. The van der Waals surface area contributed by atoms with E-state index in [-0.39, 0.29) is 6.04 Å². The van der Waals surface area contributed by atoms with Crippen LogP contribution in [0.5, 0.6) is 0 Å². The number of aryl methyl sites for hydroxylation is 1. The Balaban J connectivity index is 2.41. The quantitative estimate of drug-likeness (QED) is 0.669. The summed E-state index contributed by atoms with van der Waals surface area (Å²) < 4.78 is 1.09. The summed E-state index contributed by atoms with van der Waals surface area (Å²) in [5.74, 6) is 0. The van der Waals surface area contributed by atoms with Crippen LogP contribution in [0, 0.1) is 10.5 Å². The molecule has 1 nitrogen and oxygen atoms in total. The number of rotatable bonds is 5. The lowest BCUT2D eigenvalue weighted by molar-refractivity contribution is 0.596. The van der Waals surface area contributed by atoms with Gasteiger partial charge in [-0.3, -0.25) is 0 Å². The van der Waals surface area contributed by atoms with Gasteiger partial charge in [0.25, 0.3) is 0 Å². The van der Waals surface area contributed by atoms with Crippen molar-refractivity contribution in [2.24, 2.45) is 0 Å². The van der Waals surface area contributed by atoms with E-state index in [0.717, 1.165) is 21.6 Å². The van der Waals surface area contributed by atoms with Gasteiger partial charge < -0.3 is 5.32 Å². The molecule has 0 aliphatic heterocycles. The van der Waals surface area contributed by atoms with Gasteiger partial charge >= 0.3 is 0 Å². The third kappa shape index (κ3) is 3.74. The van der Waals surface area contributed by atoms with Crippen molar-refractivity contribution < 1.29 is 0 Å². The minimum absolute atomic E-state index is 0.200. The lowest BCUT2D eigenvalue weighted by Gasteiger charge is -2.22. The van der Waals surface area contributed by atoms with E-state index in [0.29, 0.717) is 0 Å². The molecule has 20 heavy (non-hydrogen) atoms. The Labute approximate surface area is 139 Å². The number of benzene rings is 2. The van der Waals surface area contributed by atoms with Crippen molar-refractivity contribution in [2.45, 2.75) is 26.3 Å². The normalized spacial score (nSPS) is 12.4. The lowest BCUT2D eigenvalue weighted by Crippen LogP contribution is -2.24. The molecular formula is C17H19ClIN. The standard InChI is InChI=1S/C17H19ClIN/c1-3-10-20-17(14-7-5-4-6-12(14)2)13-8-9-16(19)15(18)11-13/h4-9,11,17,20H,3,10H2,1-2H3. The van der Waals surface area contributed by atoms with Crippen LogP contribution in [0.3, 0.4) is 0 Å². The van der Waals surface area contributed by atoms with Crippen LogP contribution in [0.4, 0.5) is 0 Å². The molecule has 0 aliphatic carbocycles. The fourth-order valence-electron chi connectivity index (χ4n) is 2.30. The zero-order chi connectivity index (χ0) is 14.5. The van der Waals surface area contributed by atoms with Crippen LogP contribution in [0.1, 0.15) is 36.1 Å². The highest BCUT2D eigenvalue weighted by molar-refractivity contribution is 14.1. The predicted octanol–water partition coefficient (Wildman–Crippen LogP) is 5.34. The molecule has 0 saturated carbocycles. The second-order valence-electron chi connectivity index (χ2n) is 4.92. The lowest BCUT2D eigenvalue weighted by atomic mass is 9.95. The maximum atomic E-state index is 6.28. The number of hydrogen-bond donors (Lipinski definition) is 1. The minimum Gasteiger partial charge on any atom is -0.306 e. The first-order chi connectivity index (χ1) is 9.63. The zero-order valence-electron chi connectivity index (χ0n) is 11.8. The van der Waals surface area contributed by atoms with Gasteiger partial charge in [-0.15, -0.1) is 0 Å². The Morgan fingerprint density at radius 3 is 2.60 bits per heavy atom. The zero-order valence-corrected chi connectivity index (χ0v) is 14.7. The van der Waals surface area contributed by atoms with Crippen molar-refractivity contribution >= 4 is 34.2 Å². The predicted molar refractivity (Wildman–Crippen MR) is 95.5 cm³/mol. The summed E-state index contributed by atoms with van der Waals surface area (Å²) in [5, 5.41) is 4.45. The first-order valence-corrected chi connectivity index (χ1v) is 8.33. The fourth-order valence-corrected chi connectivity index (χ4v) is 2.82. The van der Waals surface area contributed by atoms with E-state index in [1.165, 1.54) is 16.7 Å². The maximum Gasteiger partial charge on any atom is 0.0579 e. The molecule has 2 aromatic rings. The Morgan fingerprint density at radius 1 is 1.20 bits per heavy atom. The van der Waals surface area contributed by atoms with Crippen LogP contribution in [-0.2, 0) is 0 Å². The molecule has 0 fully saturated rings. The number of halogens is 2. The van der Waals surface area contributed by atoms with Gasteiger partial charge in [0, 0.05) is 3.57 Å². The molecule has 0 radical (unpaired) electrons. The van der Waals surface area contributed by atoms with Crippen molar-refractivity contribution in [3.05, 3.63) is 67.7 Å². The topological polar surface area (TPSA) is 12.0 Å². The van der Waals surface area contributed by atoms with Crippen molar-refractivity contribution in [2.75, 3.05) is 6.54 Å². The molecule has 1 unspecified atom stereocenters. The average Bonchev–Trinajstić information content (AvgIpc) is 2.44. The Bertz CT molecular complexity index is 583. The highest BCUT2D eigenvalue weighted by Crippen LogP contribution is 2.28. The largest absolute Gasteiger partial charge is 0.306 e. The molecular weight excluding hydrogens is 381 g/mol. The maximum absolute atomic E-state index is 6.28. The number of hydrogen-bond acceptors (Lipinski definition) is 1. The second-order valence-corrected chi connectivity index (χ2v) is 6.49. The van der Waals surface area contributed by atoms with E-state index >= 15 is 0 Å². The Hall–Kier alpha value is -0.580. The van der Waals surface area contributed by atoms with Gasteiger partial charge in [-0.1, -0.05) is 48.9 Å². The molecule has 2 rings (SSSR count). The van der Waals surface area contributed by atoms with Crippen LogP contribution in [0.2, 0.25) is 5.02 Å². The Kier molecular flexibility index (Phi) is 5.87. The van der Waals surface area contributed by atoms with E-state index in [4.69, 9.17) is 11.6 Å². The third-order valence-corrected chi connectivity index (χ3v) is 4.95. The fraction of sp³-hybridized carbons (Fsp3) is 0.294. The second kappa shape index (κ2) is 7.43. The first-order valence-electron chi connectivity index (χ1n) is 6.87. The van der Waals surface area contributed by atoms with Gasteiger partial charge in [0.1, 0.15) is 0 Å². The summed E-state index contributed by atoms with van der Waals surface area (Å²) in [5.41, 5.74) is 3.84. The van der Waals surface area contributed by atoms with E-state index in [1.807, 2.05) is 0 Å². The van der Waals surface area contributed by atoms with Crippen molar-refractivity contribution in [1.29, 1.82) is 0 Å². The molecule has 106 valence electrons. The molecule has 3 heteroatoms. The van der Waals surface area contributed by atoms with Gasteiger partial charge in [-0.05, 0) is 71.3 Å². The molecule has 1 N–H and O–H groups in total. The minimum atomic E-state index is 0.200. The SMILES string of the molecule is CCCNC(c1ccc(I)c(Cl)c1)c1ccccc1C. The average molecular weight is 400 g/mol. The first kappa shape index (κ1) is 15.8. The molecule has 0 amide bonds. The molecule has 0 bridgehead atoms. The molecule has 0 spiro atoms. The monoisotopic (exact) mass is 399 g/mol. The van der Waals surface area contributed by atoms with Gasteiger partial charge in [-0.25, -0.2) is 0 Å². The highest BCUT2D eigenvalue weighted by Gasteiger charge is 2.16. The highest BCUT2D eigenvalue weighted by atomic mass is 127. The van der Waals surface area contributed by atoms with Crippen LogP contribution < -0.4 is 5.32 Å². The van der Waals surface area contributed by atoms with Crippen LogP contribution in [0.25, 0.3) is 0 Å². The van der Waals surface area contributed by atoms with Crippen molar-refractivity contribution in [1.82, 2.24) is 5.32 Å². The van der Waals surface area contributed by atoms with E-state index in [1.54, 1.807) is 0 Å². The molecule has 0 saturated heterocycles. The van der Waals surface area contributed by atoms with Crippen LogP contribution in [-0.4, -0.2) is 6.54 Å². The molecule has 0 aromatic heterocycles. The molecule has 1 atom stereocenters. The summed E-state index contributed by atoms with van der Waals surface area (Å²) in [6, 6.07) is 15.0. The third-order valence-electron chi connectivity index (χ3n) is 3.37. The van der Waals surface area contributed by atoms with Gasteiger partial charge in [0.05, 0.1) is 11.1 Å². The van der Waals surface area contributed by atoms with Gasteiger partial charge in [-0.2, -0.15) is 0 Å². The van der Waals surface area contributed by atoms with E-state index in [9.17, 15) is 0 Å². The molecule has 0 heterocycles. The van der Waals surface area contributed by atoms with E-state index in [2.05, 4.69) is 84.2 Å². The molecule has 2 aromatic carbocycles. The van der Waals surface area contributed by atoms with Gasteiger partial charge in [0.15, 0.2) is 0 Å². The van der Waals surface area contributed by atoms with Crippen LogP contribution in [0.15, 0.2) is 42.5 Å².